The minimum Gasteiger partial charge on any atom is -0.326 e. The molecule has 1 fully saturated rings. The molecule has 0 aliphatic heterocycles. The highest BCUT2D eigenvalue weighted by atomic mass is 32.2. The Kier molecular flexibility index (Phi) is 6.43. The predicted molar refractivity (Wildman–Crippen MR) is 134 cm³/mol. The number of amides is 2. The molecule has 3 aromatic rings. The second-order valence-corrected chi connectivity index (χ2v) is 10.5. The van der Waals surface area contributed by atoms with Crippen molar-refractivity contribution in [2.24, 2.45) is 5.92 Å². The molecule has 1 aliphatic carbocycles. The number of sulfonamides is 1. The fourth-order valence-corrected chi connectivity index (χ4v) is 4.64. The molecule has 0 aromatic heterocycles. The van der Waals surface area contributed by atoms with Crippen LogP contribution >= 0.6 is 0 Å². The van der Waals surface area contributed by atoms with Crippen LogP contribution in [0.3, 0.4) is 0 Å². The lowest BCUT2D eigenvalue weighted by atomic mass is 10.1. The first kappa shape index (κ1) is 23.5. The second kappa shape index (κ2) is 9.30. The molecule has 0 spiro atoms. The fourth-order valence-electron chi connectivity index (χ4n) is 3.45. The minimum atomic E-state index is -3.71. The standard InChI is InChI=1S/C26H27N3O4S/c1-17-4-14-23(15-5-17)34(32,33)29(3)22-12-9-20(10-13-22)26(31)28-24-16-21(11-6-18(24)2)27-25(30)19-7-8-19/h4-6,9-16,19H,7-8H2,1-3H3,(H,27,30)(H,28,31). The highest BCUT2D eigenvalue weighted by Gasteiger charge is 2.29. The molecule has 2 N–H and O–H groups in total. The summed E-state index contributed by atoms with van der Waals surface area (Å²) in [5, 5.41) is 5.76. The topological polar surface area (TPSA) is 95.6 Å². The van der Waals surface area contributed by atoms with Crippen molar-refractivity contribution in [3.05, 3.63) is 83.4 Å². The molecule has 34 heavy (non-hydrogen) atoms. The first-order valence-electron chi connectivity index (χ1n) is 11.0. The maximum atomic E-state index is 12.9. The third kappa shape index (κ3) is 5.12. The molecule has 1 saturated carbocycles. The number of carbonyl (C=O) groups is 2. The van der Waals surface area contributed by atoms with Crippen LogP contribution in [0.4, 0.5) is 17.1 Å². The average Bonchev–Trinajstić information content (AvgIpc) is 3.67. The zero-order valence-electron chi connectivity index (χ0n) is 19.3. The lowest BCUT2D eigenvalue weighted by Gasteiger charge is -2.20. The lowest BCUT2D eigenvalue weighted by Crippen LogP contribution is -2.26. The van der Waals surface area contributed by atoms with Crippen molar-refractivity contribution in [1.82, 2.24) is 0 Å². The molecule has 1 aliphatic rings. The van der Waals surface area contributed by atoms with Gasteiger partial charge >= 0.3 is 0 Å². The van der Waals surface area contributed by atoms with Gasteiger partial charge in [-0.25, -0.2) is 8.42 Å². The molecular formula is C26H27N3O4S. The van der Waals surface area contributed by atoms with Gasteiger partial charge in [-0.15, -0.1) is 0 Å². The summed E-state index contributed by atoms with van der Waals surface area (Å²) in [5.74, 6) is -0.239. The van der Waals surface area contributed by atoms with E-state index < -0.39 is 10.0 Å². The van der Waals surface area contributed by atoms with Crippen LogP contribution < -0.4 is 14.9 Å². The van der Waals surface area contributed by atoms with Crippen molar-refractivity contribution < 1.29 is 18.0 Å². The number of hydrogen-bond donors (Lipinski definition) is 2. The molecule has 0 unspecified atom stereocenters. The summed E-state index contributed by atoms with van der Waals surface area (Å²) < 4.78 is 27.0. The minimum absolute atomic E-state index is 0.00132. The van der Waals surface area contributed by atoms with Gasteiger partial charge < -0.3 is 10.6 Å². The number of nitrogens with one attached hydrogen (secondary N) is 2. The van der Waals surface area contributed by atoms with Gasteiger partial charge in [0.2, 0.25) is 5.91 Å². The van der Waals surface area contributed by atoms with Gasteiger partial charge in [0, 0.05) is 29.9 Å². The Morgan fingerprint density at radius 3 is 2.15 bits per heavy atom. The normalized spacial score (nSPS) is 13.3. The number of benzene rings is 3. The Bertz CT molecular complexity index is 1330. The van der Waals surface area contributed by atoms with Crippen LogP contribution in [0.2, 0.25) is 0 Å². The van der Waals surface area contributed by atoms with Crippen molar-refractivity contribution in [1.29, 1.82) is 0 Å². The van der Waals surface area contributed by atoms with Gasteiger partial charge in [-0.2, -0.15) is 0 Å². The molecule has 176 valence electrons. The SMILES string of the molecule is Cc1ccc(S(=O)(=O)N(C)c2ccc(C(=O)Nc3cc(NC(=O)C4CC4)ccc3C)cc2)cc1. The van der Waals surface area contributed by atoms with Gasteiger partial charge in [0.25, 0.3) is 15.9 Å². The van der Waals surface area contributed by atoms with E-state index in [0.29, 0.717) is 22.6 Å². The smallest absolute Gasteiger partial charge is 0.264 e. The highest BCUT2D eigenvalue weighted by molar-refractivity contribution is 7.92. The van der Waals surface area contributed by atoms with E-state index in [1.54, 1.807) is 54.6 Å². The van der Waals surface area contributed by atoms with Crippen LogP contribution in [-0.2, 0) is 14.8 Å². The molecule has 8 heteroatoms. The van der Waals surface area contributed by atoms with Crippen LogP contribution in [0, 0.1) is 19.8 Å². The van der Waals surface area contributed by atoms with E-state index >= 15 is 0 Å². The summed E-state index contributed by atoms with van der Waals surface area (Å²) in [6.07, 6.45) is 1.83. The maximum absolute atomic E-state index is 12.9. The Labute approximate surface area is 199 Å². The summed E-state index contributed by atoms with van der Waals surface area (Å²) in [6.45, 7) is 3.77. The molecular weight excluding hydrogens is 450 g/mol. The Balaban J connectivity index is 1.47. The Hall–Kier alpha value is -3.65. The quantitative estimate of drug-likeness (QED) is 0.514. The van der Waals surface area contributed by atoms with E-state index in [1.807, 2.05) is 26.0 Å². The van der Waals surface area contributed by atoms with Gasteiger partial charge in [-0.1, -0.05) is 23.8 Å². The molecule has 2 amide bonds. The van der Waals surface area contributed by atoms with Gasteiger partial charge in [0.05, 0.1) is 10.6 Å². The van der Waals surface area contributed by atoms with Crippen LogP contribution in [0.5, 0.6) is 0 Å². The number of rotatable bonds is 7. The summed E-state index contributed by atoms with van der Waals surface area (Å²) in [5.41, 5.74) is 3.90. The predicted octanol–water partition coefficient (Wildman–Crippen LogP) is 4.73. The van der Waals surface area contributed by atoms with Crippen molar-refractivity contribution in [3.63, 3.8) is 0 Å². The highest BCUT2D eigenvalue weighted by Crippen LogP contribution is 2.31. The maximum Gasteiger partial charge on any atom is 0.264 e. The van der Waals surface area contributed by atoms with E-state index in [1.165, 1.54) is 11.4 Å². The Morgan fingerprint density at radius 1 is 0.882 bits per heavy atom. The van der Waals surface area contributed by atoms with Crippen LogP contribution in [0.15, 0.2) is 71.6 Å². The molecule has 4 rings (SSSR count). The number of hydrogen-bond acceptors (Lipinski definition) is 4. The van der Waals surface area contributed by atoms with Crippen LogP contribution in [0.1, 0.15) is 34.3 Å². The van der Waals surface area contributed by atoms with E-state index in [9.17, 15) is 18.0 Å². The van der Waals surface area contributed by atoms with Gasteiger partial charge in [0.1, 0.15) is 0 Å². The van der Waals surface area contributed by atoms with Gasteiger partial charge in [-0.3, -0.25) is 13.9 Å². The number of carbonyl (C=O) groups excluding carboxylic acids is 2. The van der Waals surface area contributed by atoms with E-state index in [0.717, 1.165) is 24.0 Å². The van der Waals surface area contributed by atoms with Crippen molar-refractivity contribution in [2.75, 3.05) is 22.0 Å². The third-order valence-electron chi connectivity index (χ3n) is 5.87. The molecule has 0 radical (unpaired) electrons. The first-order chi connectivity index (χ1) is 16.1. The number of aryl methyl sites for hydroxylation is 2. The van der Waals surface area contributed by atoms with E-state index in [-0.39, 0.29) is 22.6 Å². The monoisotopic (exact) mass is 477 g/mol. The Morgan fingerprint density at radius 2 is 1.53 bits per heavy atom. The summed E-state index contributed by atoms with van der Waals surface area (Å²) in [6, 6.07) is 18.4. The fraction of sp³-hybridized carbons (Fsp3) is 0.231. The zero-order chi connectivity index (χ0) is 24.5. The molecule has 0 saturated heterocycles. The zero-order valence-corrected chi connectivity index (χ0v) is 20.1. The van der Waals surface area contributed by atoms with Crippen molar-refractivity contribution >= 4 is 38.9 Å². The third-order valence-corrected chi connectivity index (χ3v) is 7.67. The summed E-state index contributed by atoms with van der Waals surface area (Å²) in [7, 11) is -2.23. The van der Waals surface area contributed by atoms with Crippen molar-refractivity contribution in [2.45, 2.75) is 31.6 Å². The summed E-state index contributed by atoms with van der Waals surface area (Å²) in [4.78, 5) is 25.1. The number of nitrogens with zero attached hydrogens (tertiary/aromatic N) is 1. The largest absolute Gasteiger partial charge is 0.326 e. The van der Waals surface area contributed by atoms with Crippen molar-refractivity contribution in [3.8, 4) is 0 Å². The van der Waals surface area contributed by atoms with E-state index in [2.05, 4.69) is 10.6 Å². The second-order valence-electron chi connectivity index (χ2n) is 8.58. The van der Waals surface area contributed by atoms with Crippen LogP contribution in [-0.4, -0.2) is 27.3 Å². The molecule has 0 heterocycles. The van der Waals surface area contributed by atoms with E-state index in [4.69, 9.17) is 0 Å². The summed E-state index contributed by atoms with van der Waals surface area (Å²) >= 11 is 0. The molecule has 7 nitrogen and oxygen atoms in total. The molecule has 0 atom stereocenters. The lowest BCUT2D eigenvalue weighted by molar-refractivity contribution is -0.117. The average molecular weight is 478 g/mol. The van der Waals surface area contributed by atoms with Gasteiger partial charge in [-0.05, 0) is 80.8 Å². The number of anilines is 3. The first-order valence-corrected chi connectivity index (χ1v) is 12.5. The molecule has 3 aromatic carbocycles. The van der Waals surface area contributed by atoms with Crippen LogP contribution in [0.25, 0.3) is 0 Å². The van der Waals surface area contributed by atoms with Gasteiger partial charge in [0.15, 0.2) is 0 Å². The molecule has 0 bridgehead atoms.